The van der Waals surface area contributed by atoms with Crippen LogP contribution in [0.1, 0.15) is 47.2 Å². The number of amides is 2. The molecule has 0 aromatic heterocycles. The van der Waals surface area contributed by atoms with Gasteiger partial charge in [0.2, 0.25) is 15.9 Å². The molecule has 39 heavy (non-hydrogen) atoms. The second kappa shape index (κ2) is 10.2. The predicted octanol–water partition coefficient (Wildman–Crippen LogP) is 3.58. The maximum Gasteiger partial charge on any atom is 0.264 e. The fourth-order valence-electron chi connectivity index (χ4n) is 6.48. The Labute approximate surface area is 233 Å². The quantitative estimate of drug-likeness (QED) is 0.470. The third kappa shape index (κ3) is 5.14. The molecule has 2 amide bonds. The first-order valence-electron chi connectivity index (χ1n) is 13.5. The lowest BCUT2D eigenvalue weighted by atomic mass is 9.69. The summed E-state index contributed by atoms with van der Waals surface area (Å²) in [4.78, 5) is 28.2. The number of aryl methyl sites for hydroxylation is 1. The van der Waals surface area contributed by atoms with E-state index < -0.39 is 15.9 Å². The number of rotatable bonds is 0. The largest absolute Gasteiger partial charge is 0.490 e. The summed E-state index contributed by atoms with van der Waals surface area (Å²) < 4.78 is 33.7. The Hall–Kier alpha value is -3.04. The molecular weight excluding hydrogens is 538 g/mol. The number of benzene rings is 2. The number of nitrogens with one attached hydrogen (secondary N) is 2. The van der Waals surface area contributed by atoms with Crippen molar-refractivity contribution in [3.8, 4) is 5.75 Å². The summed E-state index contributed by atoms with van der Waals surface area (Å²) in [5.74, 6) is -0.334. The van der Waals surface area contributed by atoms with Gasteiger partial charge in [0.15, 0.2) is 0 Å². The molecule has 0 radical (unpaired) electrons. The molecule has 206 valence electrons. The highest BCUT2D eigenvalue weighted by atomic mass is 35.5. The molecule has 2 bridgehead atoms. The molecule has 3 atom stereocenters. The van der Waals surface area contributed by atoms with Gasteiger partial charge in [-0.3, -0.25) is 9.59 Å². The summed E-state index contributed by atoms with van der Waals surface area (Å²) in [5, 5.41) is 3.64. The number of halogens is 1. The topological polar surface area (TPSA) is 105 Å². The molecule has 2 heterocycles. The normalized spacial score (nSPS) is 29.0. The lowest BCUT2D eigenvalue weighted by molar-refractivity contribution is -0.129. The zero-order valence-electron chi connectivity index (χ0n) is 21.6. The third-order valence-electron chi connectivity index (χ3n) is 8.63. The van der Waals surface area contributed by atoms with E-state index in [2.05, 4.69) is 21.0 Å². The van der Waals surface area contributed by atoms with E-state index in [1.54, 1.807) is 24.3 Å². The third-order valence-corrected chi connectivity index (χ3v) is 10.00. The van der Waals surface area contributed by atoms with E-state index in [1.165, 1.54) is 17.2 Å². The fraction of sp³-hybridized carbons (Fsp3) is 0.448. The van der Waals surface area contributed by atoms with Gasteiger partial charge >= 0.3 is 0 Å². The van der Waals surface area contributed by atoms with Crippen molar-refractivity contribution in [1.82, 2.24) is 10.0 Å². The number of nitrogens with zero attached hydrogens (tertiary/aromatic N) is 1. The van der Waals surface area contributed by atoms with Gasteiger partial charge in [0.1, 0.15) is 5.75 Å². The van der Waals surface area contributed by atoms with Crippen LogP contribution >= 0.6 is 11.6 Å². The molecule has 1 saturated carbocycles. The second-order valence-electron chi connectivity index (χ2n) is 11.2. The van der Waals surface area contributed by atoms with Crippen LogP contribution < -0.4 is 19.7 Å². The van der Waals surface area contributed by atoms with E-state index in [4.69, 9.17) is 16.3 Å². The summed E-state index contributed by atoms with van der Waals surface area (Å²) >= 11 is 6.35. The summed E-state index contributed by atoms with van der Waals surface area (Å²) in [6.07, 6.45) is 7.73. The van der Waals surface area contributed by atoms with E-state index in [1.807, 2.05) is 12.1 Å². The van der Waals surface area contributed by atoms with Crippen LogP contribution in [-0.4, -0.2) is 52.2 Å². The number of ether oxygens (including phenoxy) is 1. The molecule has 4 aliphatic rings. The number of carbonyl (C=O) groups excluding carboxylic acids is 2. The molecule has 2 aromatic rings. The standard InChI is InChI=1S/C29H32ClN3O5S/c30-22-7-9-24-19(14-22)4-3-11-29(24)17-33-16-21-5-8-23(21)28(35)31-12-1-2-13-39(36,37)32-27(34)20-6-10-26(38-18-29)25(33)15-20/h1-2,6-7,9-10,14-15,21,23H,3-5,8,11-13,16-18H2,(H,31,35)(H,32,34)/b2-1-/t21-,23+,29-/m0/s1. The Morgan fingerprint density at radius 1 is 1.08 bits per heavy atom. The van der Waals surface area contributed by atoms with Crippen LogP contribution in [0.3, 0.4) is 0 Å². The van der Waals surface area contributed by atoms with Crippen LogP contribution in [0.15, 0.2) is 48.6 Å². The van der Waals surface area contributed by atoms with Gasteiger partial charge in [-0.2, -0.15) is 0 Å². The molecule has 2 N–H and O–H groups in total. The van der Waals surface area contributed by atoms with Gasteiger partial charge in [-0.1, -0.05) is 29.8 Å². The highest BCUT2D eigenvalue weighted by Crippen LogP contribution is 2.46. The fourth-order valence-corrected chi connectivity index (χ4v) is 7.55. The number of fused-ring (bicyclic) bond motifs is 4. The van der Waals surface area contributed by atoms with E-state index in [0.717, 1.165) is 42.8 Å². The number of sulfonamides is 1. The SMILES string of the molecule is O=C1NS(=O)(=O)C/C=C\CNC(=O)[C@@H]2CC[C@H]2CN2C[C@@]3(CCCc4cc(Cl)ccc43)COc3ccc1cc32. The Morgan fingerprint density at radius 3 is 2.77 bits per heavy atom. The summed E-state index contributed by atoms with van der Waals surface area (Å²) in [6.45, 7) is 2.02. The highest BCUT2D eigenvalue weighted by Gasteiger charge is 2.44. The van der Waals surface area contributed by atoms with Crippen LogP contribution in [0, 0.1) is 11.8 Å². The molecule has 6 rings (SSSR count). The Morgan fingerprint density at radius 2 is 1.95 bits per heavy atom. The van der Waals surface area contributed by atoms with E-state index in [0.29, 0.717) is 25.4 Å². The van der Waals surface area contributed by atoms with Crippen molar-refractivity contribution in [3.63, 3.8) is 0 Å². The monoisotopic (exact) mass is 569 g/mol. The number of hydrogen-bond acceptors (Lipinski definition) is 6. The Balaban J connectivity index is 1.42. The lowest BCUT2D eigenvalue weighted by Crippen LogP contribution is -2.50. The minimum Gasteiger partial charge on any atom is -0.490 e. The zero-order valence-corrected chi connectivity index (χ0v) is 23.2. The van der Waals surface area contributed by atoms with Crippen molar-refractivity contribution in [2.75, 3.05) is 36.9 Å². The number of hydrogen-bond donors (Lipinski definition) is 2. The van der Waals surface area contributed by atoms with Gasteiger partial charge in [-0.15, -0.1) is 0 Å². The minimum absolute atomic E-state index is 0.00781. The van der Waals surface area contributed by atoms with Gasteiger partial charge in [0.25, 0.3) is 5.91 Å². The highest BCUT2D eigenvalue weighted by molar-refractivity contribution is 7.90. The summed E-state index contributed by atoms with van der Waals surface area (Å²) in [6, 6.07) is 11.2. The van der Waals surface area contributed by atoms with Gasteiger partial charge in [0, 0.05) is 41.6 Å². The summed E-state index contributed by atoms with van der Waals surface area (Å²) in [5.41, 5.74) is 3.18. The van der Waals surface area contributed by atoms with Crippen LogP contribution in [0.2, 0.25) is 5.02 Å². The minimum atomic E-state index is -3.89. The first-order valence-corrected chi connectivity index (χ1v) is 15.5. The Bertz CT molecular complexity index is 1460. The second-order valence-corrected chi connectivity index (χ2v) is 13.4. The first kappa shape index (κ1) is 26.2. The lowest BCUT2D eigenvalue weighted by Gasteiger charge is -2.44. The van der Waals surface area contributed by atoms with Gasteiger partial charge < -0.3 is 15.0 Å². The van der Waals surface area contributed by atoms with Crippen LogP contribution in [0.25, 0.3) is 0 Å². The molecule has 2 aromatic carbocycles. The number of anilines is 1. The molecule has 0 saturated heterocycles. The maximum atomic E-state index is 13.0. The molecule has 8 nitrogen and oxygen atoms in total. The number of carbonyl (C=O) groups is 2. The van der Waals surface area contributed by atoms with E-state index >= 15 is 0 Å². The average molecular weight is 570 g/mol. The molecule has 10 heteroatoms. The van der Waals surface area contributed by atoms with Gasteiger partial charge in [0.05, 0.1) is 18.0 Å². The molecule has 1 fully saturated rings. The Kier molecular flexibility index (Phi) is 6.83. The van der Waals surface area contributed by atoms with Gasteiger partial charge in [-0.05, 0) is 79.5 Å². The molecule has 1 spiro atoms. The maximum absolute atomic E-state index is 13.0. The van der Waals surface area contributed by atoms with E-state index in [-0.39, 0.29) is 41.0 Å². The average Bonchev–Trinajstić information content (AvgIpc) is 3.02. The molecule has 0 unspecified atom stereocenters. The zero-order chi connectivity index (χ0) is 27.2. The van der Waals surface area contributed by atoms with Crippen LogP contribution in [0.5, 0.6) is 5.75 Å². The summed E-state index contributed by atoms with van der Waals surface area (Å²) in [7, 11) is -3.89. The van der Waals surface area contributed by atoms with Crippen molar-refractivity contribution in [2.24, 2.45) is 11.8 Å². The van der Waals surface area contributed by atoms with Crippen molar-refractivity contribution < 1.29 is 22.7 Å². The molecule has 2 aliphatic carbocycles. The van der Waals surface area contributed by atoms with Crippen molar-refractivity contribution in [1.29, 1.82) is 0 Å². The van der Waals surface area contributed by atoms with Crippen LogP contribution in [-0.2, 0) is 26.7 Å². The first-order chi connectivity index (χ1) is 18.7. The van der Waals surface area contributed by atoms with E-state index in [9.17, 15) is 18.0 Å². The van der Waals surface area contributed by atoms with Crippen molar-refractivity contribution in [2.45, 2.75) is 37.5 Å². The predicted molar refractivity (Wildman–Crippen MR) is 150 cm³/mol. The smallest absolute Gasteiger partial charge is 0.264 e. The van der Waals surface area contributed by atoms with Crippen molar-refractivity contribution >= 4 is 39.1 Å². The molecule has 2 aliphatic heterocycles. The van der Waals surface area contributed by atoms with Gasteiger partial charge in [-0.25, -0.2) is 13.1 Å². The molecular formula is C29H32ClN3O5S. The van der Waals surface area contributed by atoms with Crippen molar-refractivity contribution in [3.05, 3.63) is 70.3 Å². The van der Waals surface area contributed by atoms with Crippen LogP contribution in [0.4, 0.5) is 5.69 Å².